The fourth-order valence-electron chi connectivity index (χ4n) is 3.42. The molecule has 3 rings (SSSR count). The molecule has 0 aliphatic carbocycles. The number of hydrogen-bond donors (Lipinski definition) is 1. The van der Waals surface area contributed by atoms with Crippen molar-refractivity contribution in [3.8, 4) is 5.69 Å². The zero-order valence-electron chi connectivity index (χ0n) is 17.2. The Bertz CT molecular complexity index is 1030. The maximum atomic E-state index is 13.4. The van der Waals surface area contributed by atoms with Crippen LogP contribution >= 0.6 is 0 Å². The van der Waals surface area contributed by atoms with Crippen LogP contribution in [-0.2, 0) is 11.3 Å². The molecule has 1 atom stereocenters. The molecule has 2 aromatic carbocycles. The topological polar surface area (TPSA) is 58.4 Å². The van der Waals surface area contributed by atoms with Crippen LogP contribution < -0.4 is 0 Å². The number of halogens is 1. The number of rotatable bonds is 6. The fraction of sp³-hybridized carbons (Fsp3) is 0.304. The first-order valence-electron chi connectivity index (χ1n) is 9.56. The number of aliphatic hydroxyl groups excluding tert-OH is 1. The van der Waals surface area contributed by atoms with E-state index in [-0.39, 0.29) is 12.3 Å². The summed E-state index contributed by atoms with van der Waals surface area (Å²) < 4.78 is 15.3. The summed E-state index contributed by atoms with van der Waals surface area (Å²) in [7, 11) is 1.70. The number of carbonyl (C=O) groups is 1. The standard InChI is InChI=1S/C23H26FN3O2/c1-15-8-5-6-11-21(15)27-17(3)20(16(2)25-27)14-26(4)23(29)13-22(28)18-9-7-10-19(24)12-18/h5-12,22,28H,13-14H2,1-4H3. The Morgan fingerprint density at radius 3 is 2.59 bits per heavy atom. The van der Waals surface area contributed by atoms with Gasteiger partial charge in [-0.05, 0) is 50.1 Å². The number of carbonyl (C=O) groups excluding carboxylic acids is 1. The van der Waals surface area contributed by atoms with Crippen molar-refractivity contribution >= 4 is 5.91 Å². The monoisotopic (exact) mass is 395 g/mol. The van der Waals surface area contributed by atoms with E-state index in [2.05, 4.69) is 5.10 Å². The number of nitrogens with zero attached hydrogens (tertiary/aromatic N) is 3. The number of aromatic nitrogens is 2. The normalized spacial score (nSPS) is 12.1. The van der Waals surface area contributed by atoms with Gasteiger partial charge in [-0.25, -0.2) is 9.07 Å². The zero-order chi connectivity index (χ0) is 21.1. The van der Waals surface area contributed by atoms with E-state index in [0.29, 0.717) is 12.1 Å². The van der Waals surface area contributed by atoms with Crippen LogP contribution in [0.2, 0.25) is 0 Å². The van der Waals surface area contributed by atoms with Crippen molar-refractivity contribution < 1.29 is 14.3 Å². The summed E-state index contributed by atoms with van der Waals surface area (Å²) in [5.74, 6) is -0.651. The van der Waals surface area contributed by atoms with Crippen LogP contribution in [0.15, 0.2) is 48.5 Å². The van der Waals surface area contributed by atoms with Gasteiger partial charge in [0.25, 0.3) is 0 Å². The highest BCUT2D eigenvalue weighted by Gasteiger charge is 2.20. The lowest BCUT2D eigenvalue weighted by atomic mass is 10.1. The molecular formula is C23H26FN3O2. The van der Waals surface area contributed by atoms with Crippen LogP contribution in [0.4, 0.5) is 4.39 Å². The zero-order valence-corrected chi connectivity index (χ0v) is 17.2. The van der Waals surface area contributed by atoms with Crippen molar-refractivity contribution in [1.29, 1.82) is 0 Å². The number of amides is 1. The van der Waals surface area contributed by atoms with Gasteiger partial charge >= 0.3 is 0 Å². The van der Waals surface area contributed by atoms with Crippen LogP contribution in [-0.4, -0.2) is 32.7 Å². The maximum absolute atomic E-state index is 13.4. The summed E-state index contributed by atoms with van der Waals surface area (Å²) in [5, 5.41) is 15.0. The van der Waals surface area contributed by atoms with Crippen molar-refractivity contribution in [2.45, 2.75) is 39.8 Å². The second-order valence-electron chi connectivity index (χ2n) is 7.37. The molecule has 29 heavy (non-hydrogen) atoms. The molecule has 1 unspecified atom stereocenters. The average molecular weight is 395 g/mol. The van der Waals surface area contributed by atoms with Crippen molar-refractivity contribution in [2.75, 3.05) is 7.05 Å². The van der Waals surface area contributed by atoms with Gasteiger partial charge in [0.05, 0.1) is 23.9 Å². The van der Waals surface area contributed by atoms with Crippen LogP contribution in [0.25, 0.3) is 5.69 Å². The van der Waals surface area contributed by atoms with E-state index in [1.807, 2.05) is 49.7 Å². The van der Waals surface area contributed by atoms with E-state index in [1.54, 1.807) is 18.0 Å². The first-order chi connectivity index (χ1) is 13.8. The largest absolute Gasteiger partial charge is 0.388 e. The number of aliphatic hydroxyl groups is 1. The minimum absolute atomic E-state index is 0.107. The Hall–Kier alpha value is -2.99. The van der Waals surface area contributed by atoms with Crippen molar-refractivity contribution in [2.24, 2.45) is 0 Å². The molecule has 0 aliphatic rings. The van der Waals surface area contributed by atoms with Gasteiger partial charge in [-0.15, -0.1) is 0 Å². The molecule has 6 heteroatoms. The van der Waals surface area contributed by atoms with Gasteiger partial charge in [0, 0.05) is 24.8 Å². The summed E-state index contributed by atoms with van der Waals surface area (Å²) in [6.45, 7) is 6.34. The predicted octanol–water partition coefficient (Wildman–Crippen LogP) is 4.02. The summed E-state index contributed by atoms with van der Waals surface area (Å²) in [4.78, 5) is 14.2. The number of para-hydroxylation sites is 1. The minimum Gasteiger partial charge on any atom is -0.388 e. The highest BCUT2D eigenvalue weighted by atomic mass is 19.1. The molecule has 0 spiro atoms. The smallest absolute Gasteiger partial charge is 0.225 e. The molecule has 5 nitrogen and oxygen atoms in total. The molecule has 152 valence electrons. The lowest BCUT2D eigenvalue weighted by Crippen LogP contribution is -2.28. The lowest BCUT2D eigenvalue weighted by Gasteiger charge is -2.20. The highest BCUT2D eigenvalue weighted by Crippen LogP contribution is 2.23. The van der Waals surface area contributed by atoms with Gasteiger partial charge in [-0.1, -0.05) is 30.3 Å². The van der Waals surface area contributed by atoms with E-state index in [9.17, 15) is 14.3 Å². The Labute approximate surface area is 170 Å². The quantitative estimate of drug-likeness (QED) is 0.686. The number of aryl methyl sites for hydroxylation is 2. The summed E-state index contributed by atoms with van der Waals surface area (Å²) in [6, 6.07) is 13.7. The Balaban J connectivity index is 1.74. The highest BCUT2D eigenvalue weighted by molar-refractivity contribution is 5.76. The molecule has 0 saturated heterocycles. The Morgan fingerprint density at radius 1 is 1.17 bits per heavy atom. The Kier molecular flexibility index (Phi) is 6.13. The van der Waals surface area contributed by atoms with E-state index >= 15 is 0 Å². The van der Waals surface area contributed by atoms with E-state index in [4.69, 9.17) is 0 Å². The van der Waals surface area contributed by atoms with Gasteiger partial charge < -0.3 is 10.0 Å². The van der Waals surface area contributed by atoms with Crippen molar-refractivity contribution in [3.63, 3.8) is 0 Å². The maximum Gasteiger partial charge on any atom is 0.225 e. The number of benzene rings is 2. The molecule has 0 saturated carbocycles. The van der Waals surface area contributed by atoms with Crippen LogP contribution in [0, 0.1) is 26.6 Å². The second-order valence-corrected chi connectivity index (χ2v) is 7.37. The summed E-state index contributed by atoms with van der Waals surface area (Å²) >= 11 is 0. The van der Waals surface area contributed by atoms with Gasteiger partial charge in [0.2, 0.25) is 5.91 Å². The molecule has 0 bridgehead atoms. The first-order valence-corrected chi connectivity index (χ1v) is 9.56. The van der Waals surface area contributed by atoms with E-state index < -0.39 is 11.9 Å². The molecule has 1 heterocycles. The third-order valence-electron chi connectivity index (χ3n) is 5.21. The predicted molar refractivity (Wildman–Crippen MR) is 110 cm³/mol. The molecular weight excluding hydrogens is 369 g/mol. The molecule has 3 aromatic rings. The molecule has 1 amide bonds. The van der Waals surface area contributed by atoms with Crippen molar-refractivity contribution in [3.05, 3.63) is 82.4 Å². The summed E-state index contributed by atoms with van der Waals surface area (Å²) in [6.07, 6.45) is -1.15. The summed E-state index contributed by atoms with van der Waals surface area (Å²) in [5.41, 5.74) is 5.33. The lowest BCUT2D eigenvalue weighted by molar-refractivity contribution is -0.132. The van der Waals surface area contributed by atoms with Gasteiger partial charge in [0.1, 0.15) is 5.82 Å². The van der Waals surface area contributed by atoms with Crippen LogP contribution in [0.3, 0.4) is 0 Å². The molecule has 1 aromatic heterocycles. The second kappa shape index (κ2) is 8.57. The average Bonchev–Trinajstić information content (AvgIpc) is 2.96. The van der Waals surface area contributed by atoms with Gasteiger partial charge in [-0.2, -0.15) is 5.10 Å². The molecule has 0 radical (unpaired) electrons. The molecule has 0 aliphatic heterocycles. The fourth-order valence-corrected chi connectivity index (χ4v) is 3.42. The third kappa shape index (κ3) is 4.54. The Morgan fingerprint density at radius 2 is 1.90 bits per heavy atom. The first kappa shape index (κ1) is 20.7. The van der Waals surface area contributed by atoms with Gasteiger partial charge in [-0.3, -0.25) is 4.79 Å². The number of hydrogen-bond acceptors (Lipinski definition) is 3. The van der Waals surface area contributed by atoms with Gasteiger partial charge in [0.15, 0.2) is 0 Å². The molecule has 0 fully saturated rings. The van der Waals surface area contributed by atoms with Crippen LogP contribution in [0.5, 0.6) is 0 Å². The van der Waals surface area contributed by atoms with E-state index in [0.717, 1.165) is 28.2 Å². The van der Waals surface area contributed by atoms with E-state index in [1.165, 1.54) is 18.2 Å². The minimum atomic E-state index is -1.04. The van der Waals surface area contributed by atoms with Crippen molar-refractivity contribution in [1.82, 2.24) is 14.7 Å². The third-order valence-corrected chi connectivity index (χ3v) is 5.21. The molecule has 1 N–H and O–H groups in total. The SMILES string of the molecule is Cc1ccccc1-n1nc(C)c(CN(C)C(=O)CC(O)c2cccc(F)c2)c1C. The van der Waals surface area contributed by atoms with Crippen LogP contribution in [0.1, 0.15) is 40.6 Å².